The van der Waals surface area contributed by atoms with Crippen LogP contribution in [0.5, 0.6) is 0 Å². The molecule has 0 unspecified atom stereocenters. The Kier molecular flexibility index (Phi) is 4.33. The largest absolute Gasteiger partial charge is 0.416 e. The van der Waals surface area contributed by atoms with E-state index in [4.69, 9.17) is 0 Å². The fourth-order valence-electron chi connectivity index (χ4n) is 3.30. The highest BCUT2D eigenvalue weighted by molar-refractivity contribution is 5.78. The summed E-state index contributed by atoms with van der Waals surface area (Å²) in [6.45, 7) is 1.76. The predicted octanol–water partition coefficient (Wildman–Crippen LogP) is 3.79. The van der Waals surface area contributed by atoms with Crippen molar-refractivity contribution in [1.82, 2.24) is 14.5 Å². The van der Waals surface area contributed by atoms with Gasteiger partial charge in [0.2, 0.25) is 5.95 Å². The molecule has 27 heavy (non-hydrogen) atoms. The van der Waals surface area contributed by atoms with E-state index in [1.807, 2.05) is 0 Å². The van der Waals surface area contributed by atoms with Crippen molar-refractivity contribution in [3.8, 4) is 5.69 Å². The van der Waals surface area contributed by atoms with Crippen LogP contribution in [0, 0.1) is 0 Å². The molecule has 140 valence electrons. The summed E-state index contributed by atoms with van der Waals surface area (Å²) in [5, 5.41) is 0.274. The van der Waals surface area contributed by atoms with Gasteiger partial charge in [0.05, 0.1) is 16.5 Å². The highest BCUT2D eigenvalue weighted by Gasteiger charge is 2.30. The zero-order valence-corrected chi connectivity index (χ0v) is 14.4. The van der Waals surface area contributed by atoms with Crippen LogP contribution < -0.4 is 10.5 Å². The number of hydrogen-bond donors (Lipinski definition) is 0. The molecule has 1 aliphatic heterocycles. The fourth-order valence-corrected chi connectivity index (χ4v) is 3.30. The van der Waals surface area contributed by atoms with Crippen molar-refractivity contribution in [2.75, 3.05) is 18.0 Å². The zero-order valence-electron chi connectivity index (χ0n) is 14.4. The molecule has 0 spiro atoms. The summed E-state index contributed by atoms with van der Waals surface area (Å²) in [4.78, 5) is 23.6. The Balaban J connectivity index is 1.76. The number of pyridine rings is 1. The monoisotopic (exact) mass is 374 g/mol. The van der Waals surface area contributed by atoms with Gasteiger partial charge in [0.1, 0.15) is 0 Å². The van der Waals surface area contributed by atoms with Gasteiger partial charge in [-0.15, -0.1) is 0 Å². The predicted molar refractivity (Wildman–Crippen MR) is 96.2 cm³/mol. The maximum Gasteiger partial charge on any atom is 0.416 e. The molecule has 2 aromatic heterocycles. The first-order valence-corrected chi connectivity index (χ1v) is 8.74. The Labute approximate surface area is 153 Å². The summed E-state index contributed by atoms with van der Waals surface area (Å²) in [6.07, 6.45) is 1.79. The highest BCUT2D eigenvalue weighted by Crippen LogP contribution is 2.30. The minimum Gasteiger partial charge on any atom is -0.341 e. The van der Waals surface area contributed by atoms with Crippen LogP contribution in [-0.2, 0) is 6.18 Å². The molecule has 1 saturated heterocycles. The number of anilines is 1. The first kappa shape index (κ1) is 17.5. The second-order valence-electron chi connectivity index (χ2n) is 6.56. The summed E-state index contributed by atoms with van der Waals surface area (Å²) in [5.74, 6) is 0.582. The van der Waals surface area contributed by atoms with Gasteiger partial charge in [-0.2, -0.15) is 13.2 Å². The quantitative estimate of drug-likeness (QED) is 0.685. The third-order valence-corrected chi connectivity index (χ3v) is 4.73. The minimum absolute atomic E-state index is 0.150. The summed E-state index contributed by atoms with van der Waals surface area (Å²) in [7, 11) is 0. The molecule has 0 radical (unpaired) electrons. The Morgan fingerprint density at radius 1 is 1.04 bits per heavy atom. The maximum atomic E-state index is 12.9. The number of aromatic nitrogens is 3. The number of nitrogens with zero attached hydrogens (tertiary/aromatic N) is 4. The van der Waals surface area contributed by atoms with Crippen molar-refractivity contribution < 1.29 is 13.2 Å². The lowest BCUT2D eigenvalue weighted by atomic mass is 10.1. The smallest absolute Gasteiger partial charge is 0.341 e. The van der Waals surface area contributed by atoms with Crippen LogP contribution in [0.3, 0.4) is 0 Å². The molecule has 0 bridgehead atoms. The van der Waals surface area contributed by atoms with Gasteiger partial charge >= 0.3 is 6.18 Å². The Hall–Kier alpha value is -2.90. The van der Waals surface area contributed by atoms with Crippen molar-refractivity contribution in [3.63, 3.8) is 0 Å². The molecule has 1 aromatic carbocycles. The molecule has 3 heterocycles. The normalized spacial score (nSPS) is 15.3. The number of fused-ring (bicyclic) bond motifs is 1. The molecule has 0 atom stereocenters. The van der Waals surface area contributed by atoms with Crippen LogP contribution in [0.4, 0.5) is 19.1 Å². The number of hydrogen-bond acceptors (Lipinski definition) is 4. The molecule has 8 heteroatoms. The van der Waals surface area contributed by atoms with Gasteiger partial charge in [0.25, 0.3) is 5.56 Å². The minimum atomic E-state index is -4.47. The molecular formula is C19H17F3N4O. The van der Waals surface area contributed by atoms with Gasteiger partial charge in [-0.3, -0.25) is 9.36 Å². The van der Waals surface area contributed by atoms with E-state index in [0.29, 0.717) is 11.5 Å². The van der Waals surface area contributed by atoms with E-state index in [-0.39, 0.29) is 11.1 Å². The summed E-state index contributed by atoms with van der Waals surface area (Å²) >= 11 is 0. The molecule has 0 amide bonds. The maximum absolute atomic E-state index is 12.9. The number of piperidine rings is 1. The second-order valence-corrected chi connectivity index (χ2v) is 6.56. The Bertz CT molecular complexity index is 1040. The first-order valence-electron chi connectivity index (χ1n) is 8.74. The fraction of sp³-hybridized carbons (Fsp3) is 0.316. The lowest BCUT2D eigenvalue weighted by molar-refractivity contribution is -0.137. The molecule has 0 saturated carbocycles. The van der Waals surface area contributed by atoms with Gasteiger partial charge in [-0.05, 0) is 43.5 Å². The van der Waals surface area contributed by atoms with Gasteiger partial charge in [-0.25, -0.2) is 9.97 Å². The third-order valence-electron chi connectivity index (χ3n) is 4.73. The molecule has 0 aliphatic carbocycles. The molecule has 1 fully saturated rings. The van der Waals surface area contributed by atoms with Crippen molar-refractivity contribution >= 4 is 16.9 Å². The lowest BCUT2D eigenvalue weighted by Crippen LogP contribution is -2.31. The Morgan fingerprint density at radius 2 is 1.81 bits per heavy atom. The van der Waals surface area contributed by atoms with Gasteiger partial charge < -0.3 is 4.90 Å². The van der Waals surface area contributed by atoms with Crippen LogP contribution in [0.2, 0.25) is 0 Å². The second kappa shape index (κ2) is 6.68. The number of alkyl halides is 3. The summed E-state index contributed by atoms with van der Waals surface area (Å²) in [5.41, 5.74) is -0.614. The van der Waals surface area contributed by atoms with Gasteiger partial charge in [-0.1, -0.05) is 6.07 Å². The van der Waals surface area contributed by atoms with Crippen LogP contribution in [0.15, 0.2) is 47.5 Å². The van der Waals surface area contributed by atoms with Crippen LogP contribution in [0.1, 0.15) is 24.8 Å². The van der Waals surface area contributed by atoms with E-state index >= 15 is 0 Å². The molecule has 3 aromatic rings. The van der Waals surface area contributed by atoms with E-state index in [0.717, 1.165) is 38.1 Å². The van der Waals surface area contributed by atoms with E-state index in [1.165, 1.54) is 35.5 Å². The van der Waals surface area contributed by atoms with E-state index in [9.17, 15) is 18.0 Å². The first-order chi connectivity index (χ1) is 12.9. The van der Waals surface area contributed by atoms with E-state index in [2.05, 4.69) is 14.9 Å². The van der Waals surface area contributed by atoms with Gasteiger partial charge in [0.15, 0.2) is 0 Å². The number of rotatable bonds is 2. The van der Waals surface area contributed by atoms with E-state index in [1.54, 1.807) is 6.07 Å². The van der Waals surface area contributed by atoms with Crippen molar-refractivity contribution in [3.05, 3.63) is 58.6 Å². The number of benzene rings is 1. The van der Waals surface area contributed by atoms with Crippen molar-refractivity contribution in [1.29, 1.82) is 0 Å². The van der Waals surface area contributed by atoms with E-state index < -0.39 is 17.3 Å². The summed E-state index contributed by atoms with van der Waals surface area (Å²) in [6, 6.07) is 6.31. The van der Waals surface area contributed by atoms with Crippen molar-refractivity contribution in [2.45, 2.75) is 25.4 Å². The molecule has 0 N–H and O–H groups in total. The van der Waals surface area contributed by atoms with Crippen molar-refractivity contribution in [2.24, 2.45) is 0 Å². The molecule has 1 aliphatic rings. The standard InChI is InChI=1S/C19H17F3N4O/c20-19(21,22)13-5-4-6-14(11-13)26-10-7-16-15(17(26)27)12-23-18(24-16)25-8-2-1-3-9-25/h4-7,10-12H,1-3,8-9H2. The Morgan fingerprint density at radius 3 is 2.56 bits per heavy atom. The average Bonchev–Trinajstić information content (AvgIpc) is 2.68. The highest BCUT2D eigenvalue weighted by atomic mass is 19.4. The summed E-state index contributed by atoms with van der Waals surface area (Å²) < 4.78 is 40.0. The van der Waals surface area contributed by atoms with Crippen LogP contribution in [0.25, 0.3) is 16.6 Å². The lowest BCUT2D eigenvalue weighted by Gasteiger charge is -2.26. The van der Waals surface area contributed by atoms with Crippen LogP contribution in [-0.4, -0.2) is 27.6 Å². The average molecular weight is 374 g/mol. The molecular weight excluding hydrogens is 357 g/mol. The van der Waals surface area contributed by atoms with Crippen LogP contribution >= 0.6 is 0 Å². The molecule has 4 rings (SSSR count). The number of halogens is 3. The SMILES string of the molecule is O=c1c2cnc(N3CCCCC3)nc2ccn1-c1cccc(C(F)(F)F)c1. The zero-order chi connectivity index (χ0) is 19.0. The van der Waals surface area contributed by atoms with Gasteiger partial charge in [0, 0.05) is 31.2 Å². The topological polar surface area (TPSA) is 51.0 Å². The third kappa shape index (κ3) is 3.39. The molecule has 5 nitrogen and oxygen atoms in total.